The van der Waals surface area contributed by atoms with Gasteiger partial charge in [0.15, 0.2) is 0 Å². The Morgan fingerprint density at radius 2 is 2.00 bits per heavy atom. The maximum absolute atomic E-state index is 12.3. The first-order chi connectivity index (χ1) is 7.79. The third kappa shape index (κ3) is 5.25. The predicted octanol–water partition coefficient (Wildman–Crippen LogP) is 1.91. The van der Waals surface area contributed by atoms with Crippen molar-refractivity contribution in [2.45, 2.75) is 36.8 Å². The van der Waals surface area contributed by atoms with E-state index in [1.54, 1.807) is 4.90 Å². The van der Waals surface area contributed by atoms with Crippen molar-refractivity contribution in [1.82, 2.24) is 10.2 Å². The van der Waals surface area contributed by atoms with Gasteiger partial charge in [0.2, 0.25) is 5.91 Å². The zero-order chi connectivity index (χ0) is 13.1. The average molecular weight is 317 g/mol. The lowest BCUT2D eigenvalue weighted by atomic mass is 10.0. The molecule has 0 aromatic carbocycles. The molecular formula is C10H16BrF3N2O. The number of nitrogens with zero attached hydrogens (tertiary/aromatic N) is 1. The summed E-state index contributed by atoms with van der Waals surface area (Å²) in [7, 11) is 0. The molecule has 1 fully saturated rings. The van der Waals surface area contributed by atoms with E-state index in [1.807, 2.05) is 0 Å². The van der Waals surface area contributed by atoms with Crippen molar-refractivity contribution in [2.24, 2.45) is 0 Å². The second-order valence-corrected chi connectivity index (χ2v) is 5.39. The van der Waals surface area contributed by atoms with E-state index in [1.165, 1.54) is 6.92 Å². The summed E-state index contributed by atoms with van der Waals surface area (Å²) in [6.07, 6.45) is -2.79. The van der Waals surface area contributed by atoms with Crippen LogP contribution in [0.25, 0.3) is 0 Å². The fourth-order valence-electron chi connectivity index (χ4n) is 1.88. The number of carbonyl (C=O) groups excluding carboxylic acids is 1. The van der Waals surface area contributed by atoms with Crippen molar-refractivity contribution in [3.05, 3.63) is 0 Å². The van der Waals surface area contributed by atoms with Crippen molar-refractivity contribution in [1.29, 1.82) is 0 Å². The Labute approximate surface area is 107 Å². The highest BCUT2D eigenvalue weighted by atomic mass is 79.9. The molecule has 1 amide bonds. The van der Waals surface area contributed by atoms with E-state index < -0.39 is 11.0 Å². The number of rotatable bonds is 3. The van der Waals surface area contributed by atoms with Crippen LogP contribution in [-0.2, 0) is 4.79 Å². The van der Waals surface area contributed by atoms with Gasteiger partial charge in [-0.25, -0.2) is 0 Å². The van der Waals surface area contributed by atoms with Crippen LogP contribution in [-0.4, -0.2) is 47.5 Å². The maximum Gasteiger partial charge on any atom is 0.402 e. The van der Waals surface area contributed by atoms with Gasteiger partial charge < -0.3 is 10.2 Å². The van der Waals surface area contributed by atoms with Gasteiger partial charge in [-0.2, -0.15) is 13.2 Å². The second kappa shape index (κ2) is 6.04. The van der Waals surface area contributed by atoms with Crippen LogP contribution in [0.1, 0.15) is 19.8 Å². The van der Waals surface area contributed by atoms with Crippen molar-refractivity contribution in [3.63, 3.8) is 0 Å². The lowest BCUT2D eigenvalue weighted by molar-refractivity contribution is -0.131. The minimum absolute atomic E-state index is 0.0315. The molecule has 17 heavy (non-hydrogen) atoms. The van der Waals surface area contributed by atoms with Gasteiger partial charge in [0.1, 0.15) is 4.83 Å². The third-order valence-electron chi connectivity index (χ3n) is 2.77. The van der Waals surface area contributed by atoms with Gasteiger partial charge in [-0.15, -0.1) is 0 Å². The summed E-state index contributed by atoms with van der Waals surface area (Å²) in [5.41, 5.74) is 0. The Morgan fingerprint density at radius 3 is 2.41 bits per heavy atom. The Hall–Kier alpha value is -0.300. The summed E-state index contributed by atoms with van der Waals surface area (Å²) in [4.78, 5) is 11.1. The normalized spacial score (nSPS) is 21.2. The zero-order valence-electron chi connectivity index (χ0n) is 9.56. The SMILES string of the molecule is CC(=O)NC1CCN(CC(Br)C(F)(F)F)CC1. The van der Waals surface area contributed by atoms with Crippen LogP contribution < -0.4 is 5.32 Å². The van der Waals surface area contributed by atoms with E-state index in [-0.39, 0.29) is 18.5 Å². The summed E-state index contributed by atoms with van der Waals surface area (Å²) in [6, 6.07) is 0.100. The Kier molecular flexibility index (Phi) is 5.24. The largest absolute Gasteiger partial charge is 0.402 e. The van der Waals surface area contributed by atoms with Gasteiger partial charge in [0.05, 0.1) is 0 Å². The summed E-state index contributed by atoms with van der Waals surface area (Å²) in [6.45, 7) is 2.59. The molecule has 1 unspecified atom stereocenters. The minimum atomic E-state index is -4.20. The fraction of sp³-hybridized carbons (Fsp3) is 0.900. The van der Waals surface area contributed by atoms with Gasteiger partial charge in [-0.05, 0) is 12.8 Å². The highest BCUT2D eigenvalue weighted by Gasteiger charge is 2.39. The molecule has 0 radical (unpaired) electrons. The van der Waals surface area contributed by atoms with Crippen molar-refractivity contribution in [2.75, 3.05) is 19.6 Å². The van der Waals surface area contributed by atoms with Crippen molar-refractivity contribution in [3.8, 4) is 0 Å². The summed E-state index contributed by atoms with van der Waals surface area (Å²) in [5.74, 6) is -0.0860. The molecule has 0 bridgehead atoms. The molecule has 1 aliphatic rings. The third-order valence-corrected chi connectivity index (χ3v) is 3.58. The van der Waals surface area contributed by atoms with E-state index in [0.29, 0.717) is 25.9 Å². The smallest absolute Gasteiger partial charge is 0.354 e. The molecule has 0 aliphatic carbocycles. The molecule has 0 aromatic rings. The van der Waals surface area contributed by atoms with E-state index in [0.717, 1.165) is 0 Å². The van der Waals surface area contributed by atoms with Crippen LogP contribution in [0.4, 0.5) is 13.2 Å². The average Bonchev–Trinajstić information content (AvgIpc) is 2.18. The Morgan fingerprint density at radius 1 is 1.47 bits per heavy atom. The molecule has 3 nitrogen and oxygen atoms in total. The molecule has 0 spiro atoms. The van der Waals surface area contributed by atoms with E-state index in [9.17, 15) is 18.0 Å². The number of halogens is 4. The molecule has 100 valence electrons. The first-order valence-corrected chi connectivity index (χ1v) is 6.41. The monoisotopic (exact) mass is 316 g/mol. The van der Waals surface area contributed by atoms with Crippen LogP contribution in [0.3, 0.4) is 0 Å². The molecule has 1 aliphatic heterocycles. The van der Waals surface area contributed by atoms with E-state index in [4.69, 9.17) is 0 Å². The summed E-state index contributed by atoms with van der Waals surface area (Å²) < 4.78 is 37.0. The number of piperidine rings is 1. The fourth-order valence-corrected chi connectivity index (χ4v) is 2.29. The molecule has 0 saturated carbocycles. The van der Waals surface area contributed by atoms with Gasteiger partial charge in [-0.1, -0.05) is 15.9 Å². The highest BCUT2D eigenvalue weighted by Crippen LogP contribution is 2.27. The maximum atomic E-state index is 12.3. The second-order valence-electron chi connectivity index (χ2n) is 4.28. The number of nitrogens with one attached hydrogen (secondary N) is 1. The number of alkyl halides is 4. The first-order valence-electron chi connectivity index (χ1n) is 5.49. The van der Waals surface area contributed by atoms with Gasteiger partial charge in [0.25, 0.3) is 0 Å². The predicted molar refractivity (Wildman–Crippen MR) is 62.0 cm³/mol. The van der Waals surface area contributed by atoms with Gasteiger partial charge >= 0.3 is 6.18 Å². The molecule has 7 heteroatoms. The van der Waals surface area contributed by atoms with Crippen LogP contribution in [0.5, 0.6) is 0 Å². The number of hydrogen-bond acceptors (Lipinski definition) is 2. The van der Waals surface area contributed by atoms with Crippen LogP contribution >= 0.6 is 15.9 Å². The highest BCUT2D eigenvalue weighted by molar-refractivity contribution is 9.09. The quantitative estimate of drug-likeness (QED) is 0.807. The Balaban J connectivity index is 2.30. The first kappa shape index (κ1) is 14.8. The van der Waals surface area contributed by atoms with Crippen molar-refractivity contribution >= 4 is 21.8 Å². The minimum Gasteiger partial charge on any atom is -0.354 e. The summed E-state index contributed by atoms with van der Waals surface area (Å²) in [5, 5.41) is 2.79. The molecular weight excluding hydrogens is 301 g/mol. The molecule has 1 rings (SSSR count). The molecule has 1 heterocycles. The summed E-state index contributed by atoms with van der Waals surface area (Å²) >= 11 is 2.65. The number of likely N-dealkylation sites (tertiary alicyclic amines) is 1. The Bertz CT molecular complexity index is 265. The van der Waals surface area contributed by atoms with Crippen LogP contribution in [0.2, 0.25) is 0 Å². The van der Waals surface area contributed by atoms with Gasteiger partial charge in [-0.3, -0.25) is 4.79 Å². The van der Waals surface area contributed by atoms with Gasteiger partial charge in [0, 0.05) is 32.6 Å². The molecule has 1 N–H and O–H groups in total. The zero-order valence-corrected chi connectivity index (χ0v) is 11.1. The number of hydrogen-bond donors (Lipinski definition) is 1. The molecule has 0 aromatic heterocycles. The van der Waals surface area contributed by atoms with Crippen molar-refractivity contribution < 1.29 is 18.0 Å². The lowest BCUT2D eigenvalue weighted by Gasteiger charge is -2.33. The van der Waals surface area contributed by atoms with E-state index >= 15 is 0 Å². The molecule has 1 atom stereocenters. The van der Waals surface area contributed by atoms with E-state index in [2.05, 4.69) is 21.2 Å². The van der Waals surface area contributed by atoms with Crippen LogP contribution in [0.15, 0.2) is 0 Å². The molecule has 1 saturated heterocycles. The standard InChI is InChI=1S/C10H16BrF3N2O/c1-7(17)15-8-2-4-16(5-3-8)6-9(11)10(12,13)14/h8-9H,2-6H2,1H3,(H,15,17). The van der Waals surface area contributed by atoms with Crippen LogP contribution in [0, 0.1) is 0 Å². The number of amides is 1. The number of carbonyl (C=O) groups is 1. The topological polar surface area (TPSA) is 32.3 Å². The lowest BCUT2D eigenvalue weighted by Crippen LogP contribution is -2.47.